The van der Waals surface area contributed by atoms with E-state index in [9.17, 15) is 18.0 Å². The first-order valence-corrected chi connectivity index (χ1v) is 6.59. The number of nitrogens with zero attached hydrogens (tertiary/aromatic N) is 1. The number of para-hydroxylation sites is 1. The number of amides is 1. The van der Waals surface area contributed by atoms with Crippen LogP contribution in [0.15, 0.2) is 24.3 Å². The second-order valence-electron chi connectivity index (χ2n) is 5.42. The summed E-state index contributed by atoms with van der Waals surface area (Å²) in [5.41, 5.74) is -2.08. The van der Waals surface area contributed by atoms with E-state index in [2.05, 4.69) is 5.32 Å². The quantitative estimate of drug-likeness (QED) is 0.908. The van der Waals surface area contributed by atoms with Gasteiger partial charge in [-0.2, -0.15) is 18.4 Å². The van der Waals surface area contributed by atoms with Gasteiger partial charge in [-0.15, -0.1) is 0 Å². The van der Waals surface area contributed by atoms with Gasteiger partial charge in [-0.05, 0) is 32.9 Å². The second-order valence-corrected chi connectivity index (χ2v) is 5.42. The molecule has 0 heterocycles. The maximum absolute atomic E-state index is 12.8. The van der Waals surface area contributed by atoms with E-state index < -0.39 is 29.1 Å². The van der Waals surface area contributed by atoms with Crippen molar-refractivity contribution in [3.05, 3.63) is 29.8 Å². The molecule has 0 saturated heterocycles. The summed E-state index contributed by atoms with van der Waals surface area (Å²) in [6.07, 6.45) is -4.51. The topological polar surface area (TPSA) is 62.1 Å². The van der Waals surface area contributed by atoms with Gasteiger partial charge in [0.05, 0.1) is 17.7 Å². The van der Waals surface area contributed by atoms with Gasteiger partial charge in [-0.25, -0.2) is 0 Å². The van der Waals surface area contributed by atoms with Crippen LogP contribution in [0.4, 0.5) is 13.2 Å². The molecule has 0 radical (unpaired) electrons. The number of nitriles is 1. The number of alkyl halides is 3. The minimum Gasteiger partial charge on any atom is -0.491 e. The summed E-state index contributed by atoms with van der Waals surface area (Å²) >= 11 is 0. The molecule has 1 rings (SSSR count). The fourth-order valence-corrected chi connectivity index (χ4v) is 1.54. The lowest BCUT2D eigenvalue weighted by molar-refractivity contribution is -0.139. The second kappa shape index (κ2) is 6.69. The monoisotopic (exact) mass is 314 g/mol. The van der Waals surface area contributed by atoms with E-state index in [0.29, 0.717) is 0 Å². The van der Waals surface area contributed by atoms with E-state index in [1.165, 1.54) is 32.0 Å². The van der Waals surface area contributed by atoms with Gasteiger partial charge in [0.25, 0.3) is 0 Å². The van der Waals surface area contributed by atoms with E-state index in [0.717, 1.165) is 6.07 Å². The number of hydrogen-bond acceptors (Lipinski definition) is 3. The lowest BCUT2D eigenvalue weighted by Gasteiger charge is -2.21. The normalized spacial score (nSPS) is 13.1. The molecule has 1 amide bonds. The first-order valence-electron chi connectivity index (χ1n) is 6.59. The highest BCUT2D eigenvalue weighted by Gasteiger charge is 2.34. The average molecular weight is 314 g/mol. The van der Waals surface area contributed by atoms with Gasteiger partial charge < -0.3 is 10.1 Å². The maximum Gasteiger partial charge on any atom is 0.419 e. The summed E-state index contributed by atoms with van der Waals surface area (Å²) in [7, 11) is 0. The zero-order valence-corrected chi connectivity index (χ0v) is 12.5. The fourth-order valence-electron chi connectivity index (χ4n) is 1.54. The molecule has 0 spiro atoms. The third-order valence-electron chi connectivity index (χ3n) is 2.91. The zero-order valence-electron chi connectivity index (χ0n) is 12.5. The molecule has 1 aromatic carbocycles. The van der Waals surface area contributed by atoms with Crippen molar-refractivity contribution in [3.63, 3.8) is 0 Å². The Morgan fingerprint density at radius 1 is 1.36 bits per heavy atom. The van der Waals surface area contributed by atoms with Crippen molar-refractivity contribution < 1.29 is 22.7 Å². The number of carbonyl (C=O) groups is 1. The molecule has 0 aliphatic rings. The van der Waals surface area contributed by atoms with Crippen molar-refractivity contribution in [2.75, 3.05) is 6.61 Å². The Morgan fingerprint density at radius 2 is 1.95 bits per heavy atom. The Labute approximate surface area is 126 Å². The summed E-state index contributed by atoms with van der Waals surface area (Å²) in [6, 6.07) is 6.17. The minimum atomic E-state index is -4.51. The van der Waals surface area contributed by atoms with E-state index in [1.54, 1.807) is 6.92 Å². The van der Waals surface area contributed by atoms with Gasteiger partial charge in [0.2, 0.25) is 5.91 Å². The molecule has 1 atom stereocenters. The molecule has 0 aliphatic heterocycles. The highest BCUT2D eigenvalue weighted by Crippen LogP contribution is 2.35. The molecule has 0 aromatic heterocycles. The molecule has 7 heteroatoms. The van der Waals surface area contributed by atoms with Crippen molar-refractivity contribution in [2.45, 2.75) is 33.0 Å². The predicted octanol–water partition coefficient (Wildman–Crippen LogP) is 3.14. The Balaban J connectivity index is 2.68. The summed E-state index contributed by atoms with van der Waals surface area (Å²) in [5.74, 6) is -0.800. The summed E-state index contributed by atoms with van der Waals surface area (Å²) in [5, 5.41) is 11.4. The number of ether oxygens (including phenoxy) is 1. The molecule has 0 bridgehead atoms. The van der Waals surface area contributed by atoms with Gasteiger partial charge in [0.15, 0.2) is 0 Å². The molecule has 120 valence electrons. The first kappa shape index (κ1) is 17.8. The third kappa shape index (κ3) is 4.65. The Hall–Kier alpha value is -2.23. The van der Waals surface area contributed by atoms with E-state index in [-0.39, 0.29) is 12.4 Å². The van der Waals surface area contributed by atoms with Gasteiger partial charge >= 0.3 is 6.18 Å². The van der Waals surface area contributed by atoms with Crippen molar-refractivity contribution in [2.24, 2.45) is 5.41 Å². The molecule has 1 aromatic rings. The van der Waals surface area contributed by atoms with Crippen molar-refractivity contribution in [1.82, 2.24) is 5.32 Å². The van der Waals surface area contributed by atoms with Gasteiger partial charge in [0, 0.05) is 0 Å². The van der Waals surface area contributed by atoms with Crippen LogP contribution < -0.4 is 10.1 Å². The zero-order chi connectivity index (χ0) is 17.0. The summed E-state index contributed by atoms with van der Waals surface area (Å²) < 4.78 is 43.6. The Morgan fingerprint density at radius 3 is 2.50 bits per heavy atom. The number of hydrogen-bond donors (Lipinski definition) is 1. The van der Waals surface area contributed by atoms with Crippen LogP contribution >= 0.6 is 0 Å². The van der Waals surface area contributed by atoms with Gasteiger partial charge in [0.1, 0.15) is 17.8 Å². The molecular formula is C15H17F3N2O2. The largest absolute Gasteiger partial charge is 0.491 e. The smallest absolute Gasteiger partial charge is 0.419 e. The number of halogens is 3. The van der Waals surface area contributed by atoms with Crippen molar-refractivity contribution >= 4 is 5.91 Å². The van der Waals surface area contributed by atoms with E-state index in [4.69, 9.17) is 10.00 Å². The number of benzene rings is 1. The highest BCUT2D eigenvalue weighted by atomic mass is 19.4. The number of rotatable bonds is 5. The SMILES string of the molecule is C[C@H](COc1ccccc1C(F)(F)F)NC(=O)C(C)(C)C#N. The number of carbonyl (C=O) groups excluding carboxylic acids is 1. The Bertz CT molecular complexity index is 577. The van der Waals surface area contributed by atoms with Crippen LogP contribution in [-0.2, 0) is 11.0 Å². The number of nitrogens with one attached hydrogen (secondary N) is 1. The molecular weight excluding hydrogens is 297 g/mol. The third-order valence-corrected chi connectivity index (χ3v) is 2.91. The van der Waals surface area contributed by atoms with Crippen molar-refractivity contribution in [3.8, 4) is 11.8 Å². The van der Waals surface area contributed by atoms with Crippen LogP contribution in [0.3, 0.4) is 0 Å². The highest BCUT2D eigenvalue weighted by molar-refractivity contribution is 5.84. The molecule has 22 heavy (non-hydrogen) atoms. The molecule has 0 saturated carbocycles. The van der Waals surface area contributed by atoms with Crippen LogP contribution in [0.25, 0.3) is 0 Å². The standard InChI is InChI=1S/C15H17F3N2O2/c1-10(20-13(21)14(2,3)9-19)8-22-12-7-5-4-6-11(12)15(16,17)18/h4-7,10H,8H2,1-3H3,(H,20,21)/t10-/m1/s1. The lowest BCUT2D eigenvalue weighted by atomic mass is 9.94. The minimum absolute atomic E-state index is 0.139. The molecule has 0 aliphatic carbocycles. The van der Waals surface area contributed by atoms with Gasteiger partial charge in [-0.1, -0.05) is 12.1 Å². The lowest BCUT2D eigenvalue weighted by Crippen LogP contribution is -2.43. The first-order chi connectivity index (χ1) is 10.1. The molecule has 1 N–H and O–H groups in total. The van der Waals surface area contributed by atoms with Crippen LogP contribution in [0.1, 0.15) is 26.3 Å². The molecule has 0 unspecified atom stereocenters. The van der Waals surface area contributed by atoms with E-state index in [1.807, 2.05) is 6.07 Å². The van der Waals surface area contributed by atoms with Crippen LogP contribution in [-0.4, -0.2) is 18.6 Å². The van der Waals surface area contributed by atoms with Crippen LogP contribution in [0, 0.1) is 16.7 Å². The average Bonchev–Trinajstić information content (AvgIpc) is 2.44. The predicted molar refractivity (Wildman–Crippen MR) is 73.9 cm³/mol. The van der Waals surface area contributed by atoms with Crippen LogP contribution in [0.5, 0.6) is 5.75 Å². The summed E-state index contributed by atoms with van der Waals surface area (Å²) in [4.78, 5) is 11.8. The molecule has 4 nitrogen and oxygen atoms in total. The van der Waals surface area contributed by atoms with Gasteiger partial charge in [-0.3, -0.25) is 4.79 Å². The van der Waals surface area contributed by atoms with E-state index >= 15 is 0 Å². The summed E-state index contributed by atoms with van der Waals surface area (Å²) in [6.45, 7) is 4.35. The Kier molecular flexibility index (Phi) is 5.42. The maximum atomic E-state index is 12.8. The molecule has 0 fully saturated rings. The fraction of sp³-hybridized carbons (Fsp3) is 0.467. The van der Waals surface area contributed by atoms with Crippen molar-refractivity contribution in [1.29, 1.82) is 5.26 Å². The van der Waals surface area contributed by atoms with Crippen LogP contribution in [0.2, 0.25) is 0 Å².